The Morgan fingerprint density at radius 2 is 2.08 bits per heavy atom. The zero-order valence-electron chi connectivity index (χ0n) is 13.5. The first-order valence-electron chi connectivity index (χ1n) is 7.60. The van der Waals surface area contributed by atoms with E-state index in [9.17, 15) is 9.59 Å². The highest BCUT2D eigenvalue weighted by molar-refractivity contribution is 5.99. The molecule has 0 fully saturated rings. The maximum atomic E-state index is 12.2. The molecule has 1 atom stereocenters. The fourth-order valence-electron chi connectivity index (χ4n) is 2.51. The van der Waals surface area contributed by atoms with E-state index in [1.54, 1.807) is 32.2 Å². The summed E-state index contributed by atoms with van der Waals surface area (Å²) in [5, 5.41) is 5.57. The van der Waals surface area contributed by atoms with E-state index < -0.39 is 6.10 Å². The number of ether oxygens (including phenoxy) is 2. The average Bonchev–Trinajstić information content (AvgIpc) is 2.56. The summed E-state index contributed by atoms with van der Waals surface area (Å²) in [7, 11) is 1.57. The van der Waals surface area contributed by atoms with Crippen LogP contribution in [0.1, 0.15) is 12.5 Å². The highest BCUT2D eigenvalue weighted by Crippen LogP contribution is 2.32. The molecule has 2 N–H and O–H groups in total. The Labute approximate surface area is 139 Å². The zero-order chi connectivity index (χ0) is 17.1. The summed E-state index contributed by atoms with van der Waals surface area (Å²) in [5.41, 5.74) is 1.95. The van der Waals surface area contributed by atoms with Crippen molar-refractivity contribution in [2.45, 2.75) is 19.4 Å². The molecule has 0 radical (unpaired) electrons. The number of rotatable bonds is 4. The third-order valence-corrected chi connectivity index (χ3v) is 3.74. The number of para-hydroxylation sites is 1. The molecular weight excluding hydrogens is 308 g/mol. The lowest BCUT2D eigenvalue weighted by Gasteiger charge is -2.23. The maximum Gasteiger partial charge on any atom is 0.265 e. The number of nitrogens with one attached hydrogen (secondary N) is 2. The molecule has 0 spiro atoms. The van der Waals surface area contributed by atoms with Gasteiger partial charge in [-0.15, -0.1) is 0 Å². The van der Waals surface area contributed by atoms with Crippen LogP contribution in [-0.2, 0) is 16.0 Å². The highest BCUT2D eigenvalue weighted by Gasteiger charge is 2.23. The van der Waals surface area contributed by atoms with E-state index in [1.165, 1.54) is 0 Å². The molecule has 2 aromatic rings. The summed E-state index contributed by atoms with van der Waals surface area (Å²) in [6.07, 6.45) is -0.329. The van der Waals surface area contributed by atoms with Gasteiger partial charge in [0, 0.05) is 11.3 Å². The predicted molar refractivity (Wildman–Crippen MR) is 90.5 cm³/mol. The number of fused-ring (bicyclic) bond motifs is 1. The Bertz CT molecular complexity index is 788. The van der Waals surface area contributed by atoms with Gasteiger partial charge in [0.25, 0.3) is 5.91 Å². The number of benzene rings is 2. The monoisotopic (exact) mass is 326 g/mol. The maximum absolute atomic E-state index is 12.2. The van der Waals surface area contributed by atoms with Crippen LogP contribution >= 0.6 is 0 Å². The summed E-state index contributed by atoms with van der Waals surface area (Å²) >= 11 is 0. The van der Waals surface area contributed by atoms with E-state index >= 15 is 0 Å². The fraction of sp³-hybridized carbons (Fsp3) is 0.222. The standard InChI is InChI=1S/C18H18N2O4/c1-11-18(22)20-14-10-13(7-8-16(14)24-11)19-17(21)9-12-5-3-4-6-15(12)23-2/h3-8,10-11H,9H2,1-2H3,(H,19,21)(H,20,22)/t11-/m0/s1. The quantitative estimate of drug-likeness (QED) is 0.905. The van der Waals surface area contributed by atoms with Gasteiger partial charge in [0.1, 0.15) is 11.5 Å². The number of anilines is 2. The molecule has 6 heteroatoms. The lowest BCUT2D eigenvalue weighted by atomic mass is 10.1. The van der Waals surface area contributed by atoms with E-state index in [1.807, 2.05) is 24.3 Å². The topological polar surface area (TPSA) is 76.7 Å². The van der Waals surface area contributed by atoms with Gasteiger partial charge < -0.3 is 20.1 Å². The minimum Gasteiger partial charge on any atom is -0.496 e. The molecule has 2 amide bonds. The SMILES string of the molecule is COc1ccccc1CC(=O)Nc1ccc2c(c1)NC(=O)[C@H](C)O2. The van der Waals surface area contributed by atoms with E-state index in [0.717, 1.165) is 5.56 Å². The lowest BCUT2D eigenvalue weighted by Crippen LogP contribution is -2.34. The van der Waals surface area contributed by atoms with Crippen molar-refractivity contribution in [3.63, 3.8) is 0 Å². The number of hydrogen-bond donors (Lipinski definition) is 2. The highest BCUT2D eigenvalue weighted by atomic mass is 16.5. The number of amides is 2. The second-order valence-electron chi connectivity index (χ2n) is 5.50. The molecule has 2 aromatic carbocycles. The van der Waals surface area contributed by atoms with Crippen molar-refractivity contribution < 1.29 is 19.1 Å². The molecule has 1 heterocycles. The van der Waals surface area contributed by atoms with Crippen molar-refractivity contribution in [3.05, 3.63) is 48.0 Å². The first kappa shape index (κ1) is 15.9. The largest absolute Gasteiger partial charge is 0.496 e. The summed E-state index contributed by atoms with van der Waals surface area (Å²) < 4.78 is 10.7. The molecule has 24 heavy (non-hydrogen) atoms. The van der Waals surface area contributed by atoms with Gasteiger partial charge in [-0.05, 0) is 31.2 Å². The van der Waals surface area contributed by atoms with Crippen molar-refractivity contribution in [2.24, 2.45) is 0 Å². The number of methoxy groups -OCH3 is 1. The Kier molecular flexibility index (Phi) is 4.37. The predicted octanol–water partition coefficient (Wildman–Crippen LogP) is 2.60. The van der Waals surface area contributed by atoms with Crippen molar-refractivity contribution in [3.8, 4) is 11.5 Å². The van der Waals surface area contributed by atoms with Crippen molar-refractivity contribution in [1.82, 2.24) is 0 Å². The summed E-state index contributed by atoms with van der Waals surface area (Å²) in [4.78, 5) is 23.9. The van der Waals surface area contributed by atoms with Gasteiger partial charge in [0.15, 0.2) is 6.10 Å². The van der Waals surface area contributed by atoms with Crippen LogP contribution in [0.3, 0.4) is 0 Å². The summed E-state index contributed by atoms with van der Waals surface area (Å²) in [6.45, 7) is 1.68. The zero-order valence-corrected chi connectivity index (χ0v) is 13.5. The van der Waals surface area contributed by atoms with Gasteiger partial charge >= 0.3 is 0 Å². The molecule has 0 aliphatic carbocycles. The van der Waals surface area contributed by atoms with Crippen LogP contribution in [0.4, 0.5) is 11.4 Å². The van der Waals surface area contributed by atoms with Crippen LogP contribution in [0.25, 0.3) is 0 Å². The third kappa shape index (κ3) is 3.32. The minimum absolute atomic E-state index is 0.170. The molecule has 0 saturated carbocycles. The average molecular weight is 326 g/mol. The number of carbonyl (C=O) groups is 2. The molecule has 6 nitrogen and oxygen atoms in total. The summed E-state index contributed by atoms with van der Waals surface area (Å²) in [5.74, 6) is 0.883. The molecular formula is C18H18N2O4. The number of hydrogen-bond acceptors (Lipinski definition) is 4. The molecule has 3 rings (SSSR count). The smallest absolute Gasteiger partial charge is 0.265 e. The molecule has 0 bridgehead atoms. The van der Waals surface area contributed by atoms with Crippen LogP contribution in [0.5, 0.6) is 11.5 Å². The second-order valence-corrected chi connectivity index (χ2v) is 5.50. The Morgan fingerprint density at radius 1 is 1.29 bits per heavy atom. The van der Waals surface area contributed by atoms with Crippen LogP contribution in [0, 0.1) is 0 Å². The van der Waals surface area contributed by atoms with Gasteiger partial charge in [0.05, 0.1) is 19.2 Å². The summed E-state index contributed by atoms with van der Waals surface area (Å²) in [6, 6.07) is 12.5. The Balaban J connectivity index is 1.71. The Hall–Kier alpha value is -3.02. The first-order valence-corrected chi connectivity index (χ1v) is 7.60. The fourth-order valence-corrected chi connectivity index (χ4v) is 2.51. The molecule has 1 aliphatic rings. The van der Waals surface area contributed by atoms with Crippen LogP contribution in [-0.4, -0.2) is 25.0 Å². The van der Waals surface area contributed by atoms with E-state index in [2.05, 4.69) is 10.6 Å². The van der Waals surface area contributed by atoms with Gasteiger partial charge in [-0.2, -0.15) is 0 Å². The third-order valence-electron chi connectivity index (χ3n) is 3.74. The minimum atomic E-state index is -0.525. The molecule has 0 aromatic heterocycles. The van der Waals surface area contributed by atoms with E-state index in [-0.39, 0.29) is 18.2 Å². The molecule has 0 unspecified atom stereocenters. The lowest BCUT2D eigenvalue weighted by molar-refractivity contribution is -0.122. The van der Waals surface area contributed by atoms with Gasteiger partial charge in [-0.3, -0.25) is 9.59 Å². The van der Waals surface area contributed by atoms with Gasteiger partial charge in [-0.1, -0.05) is 18.2 Å². The van der Waals surface area contributed by atoms with Crippen molar-refractivity contribution in [2.75, 3.05) is 17.7 Å². The van der Waals surface area contributed by atoms with E-state index in [4.69, 9.17) is 9.47 Å². The van der Waals surface area contributed by atoms with Gasteiger partial charge in [0.2, 0.25) is 5.91 Å². The molecule has 124 valence electrons. The van der Waals surface area contributed by atoms with Gasteiger partial charge in [-0.25, -0.2) is 0 Å². The number of carbonyl (C=O) groups excluding carboxylic acids is 2. The van der Waals surface area contributed by atoms with Crippen molar-refractivity contribution >= 4 is 23.2 Å². The Morgan fingerprint density at radius 3 is 2.88 bits per heavy atom. The normalized spacial score (nSPS) is 15.8. The molecule has 1 aliphatic heterocycles. The first-order chi connectivity index (χ1) is 11.6. The van der Waals surface area contributed by atoms with Crippen molar-refractivity contribution in [1.29, 1.82) is 0 Å². The molecule has 0 saturated heterocycles. The second kappa shape index (κ2) is 6.62. The van der Waals surface area contributed by atoms with Crippen LogP contribution in [0.2, 0.25) is 0 Å². The van der Waals surface area contributed by atoms with E-state index in [0.29, 0.717) is 22.9 Å². The van der Waals surface area contributed by atoms with Crippen LogP contribution in [0.15, 0.2) is 42.5 Å². The van der Waals surface area contributed by atoms with Crippen LogP contribution < -0.4 is 20.1 Å².